The molecule has 0 aromatic heterocycles. The fraction of sp³-hybridized carbons (Fsp3) is 0.429. The molecular formula is C14H16O3. The highest BCUT2D eigenvalue weighted by atomic mass is 16.4. The lowest BCUT2D eigenvalue weighted by Crippen LogP contribution is -2.26. The van der Waals surface area contributed by atoms with Gasteiger partial charge in [-0.3, -0.25) is 9.59 Å². The van der Waals surface area contributed by atoms with Crippen LogP contribution in [-0.2, 0) is 11.2 Å². The molecule has 0 saturated heterocycles. The van der Waals surface area contributed by atoms with Gasteiger partial charge < -0.3 is 5.11 Å². The molecule has 1 unspecified atom stereocenters. The van der Waals surface area contributed by atoms with Crippen LogP contribution in [-0.4, -0.2) is 16.9 Å². The SMILES string of the molecule is CC(C)c1ccc2c(c1)C(=O)CC(C(=O)O)C2. The highest BCUT2D eigenvalue weighted by molar-refractivity contribution is 6.01. The van der Waals surface area contributed by atoms with E-state index in [1.54, 1.807) is 0 Å². The summed E-state index contributed by atoms with van der Waals surface area (Å²) in [5.74, 6) is -1.09. The Morgan fingerprint density at radius 3 is 2.65 bits per heavy atom. The Hall–Kier alpha value is -1.64. The fourth-order valence-electron chi connectivity index (χ4n) is 2.24. The second kappa shape index (κ2) is 4.32. The molecule has 0 bridgehead atoms. The zero-order valence-electron chi connectivity index (χ0n) is 10.1. The van der Waals surface area contributed by atoms with Crippen molar-refractivity contribution in [1.29, 1.82) is 0 Å². The third-order valence-corrected chi connectivity index (χ3v) is 3.35. The average Bonchev–Trinajstić information content (AvgIpc) is 2.28. The molecule has 1 aliphatic rings. The van der Waals surface area contributed by atoms with Gasteiger partial charge in [0.15, 0.2) is 5.78 Å². The fourth-order valence-corrected chi connectivity index (χ4v) is 2.24. The predicted octanol–water partition coefficient (Wildman–Crippen LogP) is 2.64. The Labute approximate surface area is 100 Å². The van der Waals surface area contributed by atoms with Crippen molar-refractivity contribution in [3.05, 3.63) is 34.9 Å². The number of hydrogen-bond donors (Lipinski definition) is 1. The molecule has 1 N–H and O–H groups in total. The summed E-state index contributed by atoms with van der Waals surface area (Å²) in [6, 6.07) is 5.80. The first-order valence-electron chi connectivity index (χ1n) is 5.88. The van der Waals surface area contributed by atoms with E-state index in [1.165, 1.54) is 0 Å². The molecule has 90 valence electrons. The Morgan fingerprint density at radius 2 is 2.06 bits per heavy atom. The van der Waals surface area contributed by atoms with Crippen molar-refractivity contribution in [1.82, 2.24) is 0 Å². The minimum absolute atomic E-state index is 0.0406. The first-order valence-corrected chi connectivity index (χ1v) is 5.88. The number of aliphatic carboxylic acids is 1. The molecular weight excluding hydrogens is 216 g/mol. The van der Waals surface area contributed by atoms with Crippen molar-refractivity contribution in [2.75, 3.05) is 0 Å². The minimum Gasteiger partial charge on any atom is -0.481 e. The van der Waals surface area contributed by atoms with Crippen LogP contribution in [0, 0.1) is 5.92 Å². The van der Waals surface area contributed by atoms with E-state index in [-0.39, 0.29) is 12.2 Å². The number of fused-ring (bicyclic) bond motifs is 1. The largest absolute Gasteiger partial charge is 0.481 e. The number of ketones is 1. The third-order valence-electron chi connectivity index (χ3n) is 3.35. The molecule has 1 aliphatic carbocycles. The monoisotopic (exact) mass is 232 g/mol. The molecule has 17 heavy (non-hydrogen) atoms. The molecule has 3 nitrogen and oxygen atoms in total. The van der Waals surface area contributed by atoms with E-state index in [0.29, 0.717) is 17.9 Å². The van der Waals surface area contributed by atoms with Crippen LogP contribution in [0.25, 0.3) is 0 Å². The van der Waals surface area contributed by atoms with E-state index in [2.05, 4.69) is 13.8 Å². The maximum Gasteiger partial charge on any atom is 0.307 e. The van der Waals surface area contributed by atoms with Crippen molar-refractivity contribution in [2.24, 2.45) is 5.92 Å². The van der Waals surface area contributed by atoms with Crippen molar-refractivity contribution in [3.63, 3.8) is 0 Å². The maximum atomic E-state index is 11.9. The number of carboxylic acid groups (broad SMARTS) is 1. The minimum atomic E-state index is -0.878. The van der Waals surface area contributed by atoms with Gasteiger partial charge in [-0.2, -0.15) is 0 Å². The lowest BCUT2D eigenvalue weighted by Gasteiger charge is -2.21. The lowest BCUT2D eigenvalue weighted by atomic mass is 9.81. The van der Waals surface area contributed by atoms with Crippen molar-refractivity contribution in [2.45, 2.75) is 32.6 Å². The van der Waals surface area contributed by atoms with Gasteiger partial charge in [0.25, 0.3) is 0 Å². The first-order chi connectivity index (χ1) is 7.99. The summed E-state index contributed by atoms with van der Waals surface area (Å²) >= 11 is 0. The van der Waals surface area contributed by atoms with Gasteiger partial charge in [0.2, 0.25) is 0 Å². The Bertz CT molecular complexity index is 474. The van der Waals surface area contributed by atoms with E-state index < -0.39 is 11.9 Å². The standard InChI is InChI=1S/C14H16O3/c1-8(2)9-3-4-10-5-11(14(16)17)7-13(15)12(10)6-9/h3-4,6,8,11H,5,7H2,1-2H3,(H,16,17). The van der Waals surface area contributed by atoms with E-state index in [0.717, 1.165) is 11.1 Å². The second-order valence-corrected chi connectivity index (χ2v) is 4.94. The summed E-state index contributed by atoms with van der Waals surface area (Å²) in [4.78, 5) is 22.8. The number of benzene rings is 1. The molecule has 0 amide bonds. The van der Waals surface area contributed by atoms with Gasteiger partial charge in [0, 0.05) is 12.0 Å². The highest BCUT2D eigenvalue weighted by Crippen LogP contribution is 2.28. The van der Waals surface area contributed by atoms with Gasteiger partial charge in [-0.05, 0) is 29.5 Å². The zero-order valence-corrected chi connectivity index (χ0v) is 10.1. The van der Waals surface area contributed by atoms with Gasteiger partial charge in [-0.15, -0.1) is 0 Å². The van der Waals surface area contributed by atoms with Crippen LogP contribution in [0.15, 0.2) is 18.2 Å². The number of carbonyl (C=O) groups is 2. The smallest absolute Gasteiger partial charge is 0.307 e. The molecule has 0 spiro atoms. The van der Waals surface area contributed by atoms with Crippen molar-refractivity contribution in [3.8, 4) is 0 Å². The molecule has 0 radical (unpaired) electrons. The lowest BCUT2D eigenvalue weighted by molar-refractivity contribution is -0.141. The Morgan fingerprint density at radius 1 is 1.35 bits per heavy atom. The summed E-state index contributed by atoms with van der Waals surface area (Å²) in [6.07, 6.45) is 0.596. The molecule has 0 heterocycles. The summed E-state index contributed by atoms with van der Waals surface area (Å²) in [5.41, 5.74) is 2.72. The molecule has 1 aromatic rings. The second-order valence-electron chi connectivity index (χ2n) is 4.94. The molecule has 0 fully saturated rings. The van der Waals surface area contributed by atoms with Gasteiger partial charge in [-0.25, -0.2) is 0 Å². The van der Waals surface area contributed by atoms with Gasteiger partial charge in [-0.1, -0.05) is 26.0 Å². The van der Waals surface area contributed by atoms with E-state index in [9.17, 15) is 9.59 Å². The average molecular weight is 232 g/mol. The van der Waals surface area contributed by atoms with E-state index >= 15 is 0 Å². The van der Waals surface area contributed by atoms with Gasteiger partial charge in [0.05, 0.1) is 5.92 Å². The summed E-state index contributed by atoms with van der Waals surface area (Å²) in [6.45, 7) is 4.16. The van der Waals surface area contributed by atoms with Gasteiger partial charge in [0.1, 0.15) is 0 Å². The predicted molar refractivity (Wildman–Crippen MR) is 64.3 cm³/mol. The zero-order chi connectivity index (χ0) is 12.6. The highest BCUT2D eigenvalue weighted by Gasteiger charge is 2.29. The van der Waals surface area contributed by atoms with Crippen LogP contribution < -0.4 is 0 Å². The normalized spacial score (nSPS) is 19.2. The molecule has 0 saturated carbocycles. The van der Waals surface area contributed by atoms with Crippen LogP contribution in [0.3, 0.4) is 0 Å². The number of carboxylic acids is 1. The van der Waals surface area contributed by atoms with E-state index in [4.69, 9.17) is 5.11 Å². The van der Waals surface area contributed by atoms with E-state index in [1.807, 2.05) is 18.2 Å². The van der Waals surface area contributed by atoms with Crippen LogP contribution in [0.4, 0.5) is 0 Å². The molecule has 1 atom stereocenters. The van der Waals surface area contributed by atoms with Crippen LogP contribution >= 0.6 is 0 Å². The number of hydrogen-bond acceptors (Lipinski definition) is 2. The Balaban J connectivity index is 2.38. The first kappa shape index (κ1) is 11.8. The summed E-state index contributed by atoms with van der Waals surface area (Å²) < 4.78 is 0. The number of Topliss-reactive ketones (excluding diaryl/α,β-unsaturated/α-hetero) is 1. The summed E-state index contributed by atoms with van der Waals surface area (Å²) in [7, 11) is 0. The Kier molecular flexibility index (Phi) is 3.01. The van der Waals surface area contributed by atoms with Crippen LogP contribution in [0.1, 0.15) is 47.7 Å². The summed E-state index contributed by atoms with van der Waals surface area (Å²) in [5, 5.41) is 8.97. The number of rotatable bonds is 2. The molecule has 0 aliphatic heterocycles. The quantitative estimate of drug-likeness (QED) is 0.852. The maximum absolute atomic E-state index is 11.9. The van der Waals surface area contributed by atoms with Gasteiger partial charge >= 0.3 is 5.97 Å². The van der Waals surface area contributed by atoms with Crippen LogP contribution in [0.2, 0.25) is 0 Å². The third kappa shape index (κ3) is 2.23. The van der Waals surface area contributed by atoms with Crippen molar-refractivity contribution < 1.29 is 14.7 Å². The molecule has 2 rings (SSSR count). The molecule has 3 heteroatoms. The van der Waals surface area contributed by atoms with Crippen LogP contribution in [0.5, 0.6) is 0 Å². The topological polar surface area (TPSA) is 54.4 Å². The molecule has 1 aromatic carbocycles. The van der Waals surface area contributed by atoms with Crippen molar-refractivity contribution >= 4 is 11.8 Å². The number of carbonyl (C=O) groups excluding carboxylic acids is 1.